The normalized spacial score (nSPS) is 9.76. The summed E-state index contributed by atoms with van der Waals surface area (Å²) >= 11 is 0. The molecule has 2 aromatic rings. The molecule has 4 N–H and O–H groups in total. The van der Waals surface area contributed by atoms with Gasteiger partial charge >= 0.3 is 6.03 Å². The minimum Gasteiger partial charge on any atom is -0.352 e. The van der Waals surface area contributed by atoms with Crippen LogP contribution in [-0.2, 0) is 6.54 Å². The predicted octanol–water partition coefficient (Wildman–Crippen LogP) is 2.31. The monoisotopic (exact) mass is 282 g/mol. The average Bonchev–Trinajstić information content (AvgIpc) is 2.54. The molecule has 108 valence electrons. The van der Waals surface area contributed by atoms with E-state index in [-0.39, 0.29) is 5.96 Å². The van der Waals surface area contributed by atoms with Gasteiger partial charge in [-0.1, -0.05) is 48.5 Å². The topological polar surface area (TPSA) is 77.0 Å². The van der Waals surface area contributed by atoms with Crippen LogP contribution in [0.15, 0.2) is 54.6 Å². The summed E-state index contributed by atoms with van der Waals surface area (Å²) < 4.78 is 0. The maximum Gasteiger partial charge on any atom is 0.321 e. The van der Waals surface area contributed by atoms with Gasteiger partial charge in [0, 0.05) is 13.6 Å². The number of rotatable bonds is 3. The van der Waals surface area contributed by atoms with Crippen LogP contribution in [0.3, 0.4) is 0 Å². The van der Waals surface area contributed by atoms with E-state index in [2.05, 4.69) is 34.1 Å². The molecule has 0 radical (unpaired) electrons. The first-order valence-corrected chi connectivity index (χ1v) is 6.64. The van der Waals surface area contributed by atoms with Crippen molar-refractivity contribution in [3.05, 3.63) is 60.2 Å². The molecule has 0 aliphatic heterocycles. The number of guanidine groups is 1. The Labute approximate surface area is 123 Å². The van der Waals surface area contributed by atoms with Gasteiger partial charge in [-0.25, -0.2) is 4.79 Å². The van der Waals surface area contributed by atoms with Gasteiger partial charge in [0.25, 0.3) is 0 Å². The zero-order valence-electron chi connectivity index (χ0n) is 11.8. The van der Waals surface area contributed by atoms with Crippen LogP contribution in [0, 0.1) is 5.41 Å². The van der Waals surface area contributed by atoms with E-state index in [0.29, 0.717) is 6.54 Å². The molecule has 0 aliphatic carbocycles. The fourth-order valence-corrected chi connectivity index (χ4v) is 1.90. The zero-order chi connectivity index (χ0) is 15.1. The summed E-state index contributed by atoms with van der Waals surface area (Å²) in [5.41, 5.74) is 3.32. The first-order valence-electron chi connectivity index (χ1n) is 6.64. The summed E-state index contributed by atoms with van der Waals surface area (Å²) in [6.07, 6.45) is 0. The van der Waals surface area contributed by atoms with Crippen molar-refractivity contribution in [3.8, 4) is 11.1 Å². The molecular formula is C16H18N4O. The molecule has 2 rings (SSSR count). The molecule has 21 heavy (non-hydrogen) atoms. The van der Waals surface area contributed by atoms with Gasteiger partial charge in [-0.2, -0.15) is 0 Å². The highest BCUT2D eigenvalue weighted by Crippen LogP contribution is 2.19. The fraction of sp³-hybridized carbons (Fsp3) is 0.125. The van der Waals surface area contributed by atoms with Crippen molar-refractivity contribution >= 4 is 12.0 Å². The molecule has 0 aromatic heterocycles. The average molecular weight is 282 g/mol. The smallest absolute Gasteiger partial charge is 0.321 e. The van der Waals surface area contributed by atoms with Crippen LogP contribution >= 0.6 is 0 Å². The summed E-state index contributed by atoms with van der Waals surface area (Å²) in [5.74, 6) is -0.0283. The number of hydrogen-bond acceptors (Lipinski definition) is 2. The largest absolute Gasteiger partial charge is 0.352 e. The molecule has 0 saturated heterocycles. The van der Waals surface area contributed by atoms with Crippen LogP contribution in [0.5, 0.6) is 0 Å². The van der Waals surface area contributed by atoms with E-state index in [4.69, 9.17) is 5.41 Å². The molecule has 2 amide bonds. The summed E-state index contributed by atoms with van der Waals surface area (Å²) in [4.78, 5) is 11.1. The Balaban J connectivity index is 1.99. The third-order valence-electron chi connectivity index (χ3n) is 2.97. The van der Waals surface area contributed by atoms with Crippen molar-refractivity contribution in [2.24, 2.45) is 0 Å². The number of carbonyl (C=O) groups is 1. The van der Waals surface area contributed by atoms with Gasteiger partial charge in [-0.05, 0) is 22.8 Å². The van der Waals surface area contributed by atoms with E-state index < -0.39 is 6.03 Å². The van der Waals surface area contributed by atoms with E-state index >= 15 is 0 Å². The lowest BCUT2D eigenvalue weighted by atomic mass is 10.0. The van der Waals surface area contributed by atoms with E-state index in [0.717, 1.165) is 16.7 Å². The van der Waals surface area contributed by atoms with E-state index in [1.807, 2.05) is 36.4 Å². The highest BCUT2D eigenvalue weighted by Gasteiger charge is 2.02. The molecule has 0 heterocycles. The van der Waals surface area contributed by atoms with Gasteiger partial charge in [0.2, 0.25) is 0 Å². The van der Waals surface area contributed by atoms with E-state index in [1.54, 1.807) is 0 Å². The SMILES string of the molecule is CNC(=O)NC(=N)NCc1cccc(-c2ccccc2)c1. The van der Waals surface area contributed by atoms with Crippen LogP contribution in [0.2, 0.25) is 0 Å². The maximum atomic E-state index is 11.1. The standard InChI is InChI=1S/C16H18N4O/c1-18-16(21)20-15(17)19-11-12-6-5-9-14(10-12)13-7-3-2-4-8-13/h2-10H,11H2,1H3,(H4,17,18,19,20,21). The van der Waals surface area contributed by atoms with Gasteiger partial charge in [0.1, 0.15) is 0 Å². The van der Waals surface area contributed by atoms with Crippen molar-refractivity contribution < 1.29 is 4.79 Å². The van der Waals surface area contributed by atoms with Gasteiger partial charge in [-0.15, -0.1) is 0 Å². The second-order valence-corrected chi connectivity index (χ2v) is 4.50. The number of benzene rings is 2. The van der Waals surface area contributed by atoms with Crippen molar-refractivity contribution in [3.63, 3.8) is 0 Å². The van der Waals surface area contributed by atoms with Crippen molar-refractivity contribution in [1.29, 1.82) is 5.41 Å². The number of urea groups is 1. The molecule has 0 saturated carbocycles. The van der Waals surface area contributed by atoms with Crippen LogP contribution in [0.4, 0.5) is 4.79 Å². The zero-order valence-corrected chi connectivity index (χ0v) is 11.8. The molecule has 2 aromatic carbocycles. The Hall–Kier alpha value is -2.82. The van der Waals surface area contributed by atoms with Crippen molar-refractivity contribution in [2.45, 2.75) is 6.54 Å². The highest BCUT2D eigenvalue weighted by molar-refractivity contribution is 5.94. The number of amides is 2. The third kappa shape index (κ3) is 4.35. The first kappa shape index (κ1) is 14.6. The van der Waals surface area contributed by atoms with E-state index in [9.17, 15) is 4.79 Å². The Morgan fingerprint density at radius 1 is 1.05 bits per heavy atom. The number of carbonyl (C=O) groups excluding carboxylic acids is 1. The summed E-state index contributed by atoms with van der Waals surface area (Å²) in [5, 5.41) is 15.2. The molecule has 0 unspecified atom stereocenters. The van der Waals surface area contributed by atoms with Crippen LogP contribution in [0.25, 0.3) is 11.1 Å². The van der Waals surface area contributed by atoms with Gasteiger partial charge in [0.05, 0.1) is 0 Å². The molecule has 5 heteroatoms. The maximum absolute atomic E-state index is 11.1. The molecule has 0 atom stereocenters. The van der Waals surface area contributed by atoms with E-state index in [1.165, 1.54) is 7.05 Å². The van der Waals surface area contributed by atoms with Gasteiger partial charge in [0.15, 0.2) is 5.96 Å². The second-order valence-electron chi connectivity index (χ2n) is 4.50. The van der Waals surface area contributed by atoms with Gasteiger partial charge < -0.3 is 10.6 Å². The minimum absolute atomic E-state index is 0.0283. The summed E-state index contributed by atoms with van der Waals surface area (Å²) in [7, 11) is 1.51. The van der Waals surface area contributed by atoms with Crippen molar-refractivity contribution in [1.82, 2.24) is 16.0 Å². The summed E-state index contributed by atoms with van der Waals surface area (Å²) in [6, 6.07) is 17.8. The molecule has 5 nitrogen and oxygen atoms in total. The van der Waals surface area contributed by atoms with Crippen LogP contribution in [0.1, 0.15) is 5.56 Å². The highest BCUT2D eigenvalue weighted by atomic mass is 16.2. The quantitative estimate of drug-likeness (QED) is 0.515. The first-order chi connectivity index (χ1) is 10.2. The third-order valence-corrected chi connectivity index (χ3v) is 2.97. The minimum atomic E-state index is -0.412. The Bertz CT molecular complexity index is 625. The van der Waals surface area contributed by atoms with Crippen LogP contribution in [-0.4, -0.2) is 19.0 Å². The lowest BCUT2D eigenvalue weighted by molar-refractivity contribution is 0.247. The van der Waals surface area contributed by atoms with Crippen molar-refractivity contribution in [2.75, 3.05) is 7.05 Å². The summed E-state index contributed by atoms with van der Waals surface area (Å²) in [6.45, 7) is 0.476. The van der Waals surface area contributed by atoms with Crippen LogP contribution < -0.4 is 16.0 Å². The second kappa shape index (κ2) is 7.09. The lowest BCUT2D eigenvalue weighted by Gasteiger charge is -2.10. The number of hydrogen-bond donors (Lipinski definition) is 4. The molecule has 0 fully saturated rings. The number of nitrogens with one attached hydrogen (secondary N) is 4. The molecule has 0 spiro atoms. The Kier molecular flexibility index (Phi) is 4.93. The lowest BCUT2D eigenvalue weighted by Crippen LogP contribution is -2.43. The molecule has 0 bridgehead atoms. The molecule has 0 aliphatic rings. The molecular weight excluding hydrogens is 264 g/mol. The Morgan fingerprint density at radius 3 is 2.48 bits per heavy atom. The predicted molar refractivity (Wildman–Crippen MR) is 84.0 cm³/mol. The Morgan fingerprint density at radius 2 is 1.76 bits per heavy atom. The van der Waals surface area contributed by atoms with Gasteiger partial charge in [-0.3, -0.25) is 10.7 Å². The fourth-order valence-electron chi connectivity index (χ4n) is 1.90.